The van der Waals surface area contributed by atoms with Crippen molar-refractivity contribution in [2.45, 2.75) is 6.61 Å². The lowest BCUT2D eigenvalue weighted by molar-refractivity contribution is 0.306. The average molecular weight is 263 g/mol. The Hall–Kier alpha value is -1.49. The van der Waals surface area contributed by atoms with Gasteiger partial charge in [0.2, 0.25) is 0 Å². The quantitative estimate of drug-likeness (QED) is 0.823. The van der Waals surface area contributed by atoms with Crippen LogP contribution in [0.5, 0.6) is 5.75 Å². The SMILES string of the molecule is OB(O)c1ccccc1COc1ccccc1Cl. The molecule has 3 nitrogen and oxygen atoms in total. The van der Waals surface area contributed by atoms with Gasteiger partial charge in [0.1, 0.15) is 12.4 Å². The maximum Gasteiger partial charge on any atom is 0.488 e. The van der Waals surface area contributed by atoms with Crippen LogP contribution in [0, 0.1) is 0 Å². The molecule has 0 fully saturated rings. The molecule has 0 bridgehead atoms. The van der Waals surface area contributed by atoms with Crippen molar-refractivity contribution in [1.82, 2.24) is 0 Å². The van der Waals surface area contributed by atoms with E-state index in [1.165, 1.54) is 0 Å². The lowest BCUT2D eigenvalue weighted by atomic mass is 9.77. The van der Waals surface area contributed by atoms with Crippen molar-refractivity contribution < 1.29 is 14.8 Å². The van der Waals surface area contributed by atoms with Crippen LogP contribution in [0.15, 0.2) is 48.5 Å². The van der Waals surface area contributed by atoms with Gasteiger partial charge < -0.3 is 14.8 Å². The van der Waals surface area contributed by atoms with E-state index in [0.29, 0.717) is 21.8 Å². The van der Waals surface area contributed by atoms with E-state index in [0.717, 1.165) is 0 Å². The van der Waals surface area contributed by atoms with Crippen LogP contribution in [-0.4, -0.2) is 17.2 Å². The summed E-state index contributed by atoms with van der Waals surface area (Å²) < 4.78 is 5.56. The molecule has 0 radical (unpaired) electrons. The number of rotatable bonds is 4. The molecule has 92 valence electrons. The molecule has 2 aromatic carbocycles. The van der Waals surface area contributed by atoms with E-state index in [2.05, 4.69) is 0 Å². The van der Waals surface area contributed by atoms with E-state index in [4.69, 9.17) is 16.3 Å². The normalized spacial score (nSPS) is 10.2. The number of ether oxygens (including phenoxy) is 1. The molecule has 0 saturated carbocycles. The second-order valence-electron chi connectivity index (χ2n) is 3.79. The zero-order valence-electron chi connectivity index (χ0n) is 9.58. The van der Waals surface area contributed by atoms with Crippen LogP contribution in [0.25, 0.3) is 0 Å². The van der Waals surface area contributed by atoms with Crippen molar-refractivity contribution >= 4 is 24.2 Å². The predicted octanol–water partition coefficient (Wildman–Crippen LogP) is 1.60. The van der Waals surface area contributed by atoms with E-state index in [1.807, 2.05) is 18.2 Å². The van der Waals surface area contributed by atoms with Gasteiger partial charge >= 0.3 is 7.12 Å². The molecule has 0 aliphatic rings. The zero-order chi connectivity index (χ0) is 13.0. The Balaban J connectivity index is 2.14. The third-order valence-electron chi connectivity index (χ3n) is 2.55. The second kappa shape index (κ2) is 5.91. The Kier molecular flexibility index (Phi) is 4.26. The molecule has 2 rings (SSSR count). The summed E-state index contributed by atoms with van der Waals surface area (Å²) in [4.78, 5) is 0. The third kappa shape index (κ3) is 3.04. The van der Waals surface area contributed by atoms with Gasteiger partial charge in [-0.2, -0.15) is 0 Å². The Morgan fingerprint density at radius 3 is 2.39 bits per heavy atom. The minimum Gasteiger partial charge on any atom is -0.487 e. The Labute approximate surface area is 111 Å². The minimum atomic E-state index is -1.50. The zero-order valence-corrected chi connectivity index (χ0v) is 10.3. The predicted molar refractivity (Wildman–Crippen MR) is 72.1 cm³/mol. The standard InChI is InChI=1S/C13H12BClO3/c15-12-7-3-4-8-13(12)18-9-10-5-1-2-6-11(10)14(16)17/h1-8,16-17H,9H2. The highest BCUT2D eigenvalue weighted by Crippen LogP contribution is 2.23. The van der Waals surface area contributed by atoms with Crippen LogP contribution in [0.2, 0.25) is 5.02 Å². The number of halogens is 1. The number of benzene rings is 2. The molecule has 0 saturated heterocycles. The summed E-state index contributed by atoms with van der Waals surface area (Å²) in [5, 5.41) is 19.0. The van der Waals surface area contributed by atoms with Gasteiger partial charge in [-0.05, 0) is 23.2 Å². The molecule has 2 N–H and O–H groups in total. The van der Waals surface area contributed by atoms with Gasteiger partial charge in [-0.1, -0.05) is 48.0 Å². The van der Waals surface area contributed by atoms with Gasteiger partial charge in [0.15, 0.2) is 0 Å². The Bertz CT molecular complexity index is 531. The lowest BCUT2D eigenvalue weighted by Crippen LogP contribution is -2.33. The molecular weight excluding hydrogens is 250 g/mol. The maximum atomic E-state index is 9.23. The fourth-order valence-corrected chi connectivity index (χ4v) is 1.83. The van der Waals surface area contributed by atoms with Crippen molar-refractivity contribution in [1.29, 1.82) is 0 Å². The molecule has 0 spiro atoms. The highest BCUT2D eigenvalue weighted by molar-refractivity contribution is 6.59. The van der Waals surface area contributed by atoms with Gasteiger partial charge in [-0.15, -0.1) is 0 Å². The summed E-state index contributed by atoms with van der Waals surface area (Å²) >= 11 is 5.97. The molecule has 2 aromatic rings. The van der Waals surface area contributed by atoms with E-state index >= 15 is 0 Å². The van der Waals surface area contributed by atoms with Crippen LogP contribution < -0.4 is 10.2 Å². The highest BCUT2D eigenvalue weighted by Gasteiger charge is 2.15. The first-order valence-electron chi connectivity index (χ1n) is 5.50. The van der Waals surface area contributed by atoms with Crippen LogP contribution >= 0.6 is 11.6 Å². The second-order valence-corrected chi connectivity index (χ2v) is 4.20. The van der Waals surface area contributed by atoms with E-state index in [-0.39, 0.29) is 6.61 Å². The molecule has 18 heavy (non-hydrogen) atoms. The molecule has 0 heterocycles. The lowest BCUT2D eigenvalue weighted by Gasteiger charge is -2.11. The largest absolute Gasteiger partial charge is 0.488 e. The molecule has 0 unspecified atom stereocenters. The minimum absolute atomic E-state index is 0.234. The molecule has 0 aliphatic heterocycles. The summed E-state index contributed by atoms with van der Waals surface area (Å²) in [7, 11) is -1.50. The maximum absolute atomic E-state index is 9.23. The number of hydrogen-bond acceptors (Lipinski definition) is 3. The molecule has 5 heteroatoms. The van der Waals surface area contributed by atoms with Crippen molar-refractivity contribution in [3.8, 4) is 5.75 Å². The number of hydrogen-bond donors (Lipinski definition) is 2. The van der Waals surface area contributed by atoms with Gasteiger partial charge in [0.05, 0.1) is 5.02 Å². The molecule has 0 aliphatic carbocycles. The Morgan fingerprint density at radius 2 is 1.67 bits per heavy atom. The summed E-state index contributed by atoms with van der Waals surface area (Å²) in [6, 6.07) is 14.1. The van der Waals surface area contributed by atoms with Crippen molar-refractivity contribution in [2.75, 3.05) is 0 Å². The van der Waals surface area contributed by atoms with Crippen LogP contribution in [0.4, 0.5) is 0 Å². The first-order valence-corrected chi connectivity index (χ1v) is 5.87. The molecule has 0 amide bonds. The highest BCUT2D eigenvalue weighted by atomic mass is 35.5. The van der Waals surface area contributed by atoms with Crippen LogP contribution in [-0.2, 0) is 6.61 Å². The number of para-hydroxylation sites is 1. The molecule has 0 aromatic heterocycles. The van der Waals surface area contributed by atoms with Crippen LogP contribution in [0.3, 0.4) is 0 Å². The smallest absolute Gasteiger partial charge is 0.487 e. The van der Waals surface area contributed by atoms with Crippen molar-refractivity contribution in [3.05, 3.63) is 59.1 Å². The van der Waals surface area contributed by atoms with Gasteiger partial charge in [-0.3, -0.25) is 0 Å². The third-order valence-corrected chi connectivity index (χ3v) is 2.87. The Morgan fingerprint density at radius 1 is 1.00 bits per heavy atom. The monoisotopic (exact) mass is 262 g/mol. The summed E-state index contributed by atoms with van der Waals surface area (Å²) in [5.74, 6) is 0.571. The van der Waals surface area contributed by atoms with Gasteiger partial charge in [0.25, 0.3) is 0 Å². The van der Waals surface area contributed by atoms with E-state index < -0.39 is 7.12 Å². The average Bonchev–Trinajstić information content (AvgIpc) is 2.38. The van der Waals surface area contributed by atoms with Crippen molar-refractivity contribution in [2.24, 2.45) is 0 Å². The molecule has 0 atom stereocenters. The topological polar surface area (TPSA) is 49.7 Å². The van der Waals surface area contributed by atoms with Crippen LogP contribution in [0.1, 0.15) is 5.56 Å². The summed E-state index contributed by atoms with van der Waals surface area (Å²) in [6.07, 6.45) is 0. The van der Waals surface area contributed by atoms with Gasteiger partial charge in [-0.25, -0.2) is 0 Å². The first-order chi connectivity index (χ1) is 8.68. The fraction of sp³-hybridized carbons (Fsp3) is 0.0769. The van der Waals surface area contributed by atoms with E-state index in [1.54, 1.807) is 30.3 Å². The van der Waals surface area contributed by atoms with E-state index in [9.17, 15) is 10.0 Å². The summed E-state index contributed by atoms with van der Waals surface area (Å²) in [5.41, 5.74) is 1.15. The first kappa shape index (κ1) is 13.0. The summed E-state index contributed by atoms with van der Waals surface area (Å²) in [6.45, 7) is 0.234. The van der Waals surface area contributed by atoms with Crippen molar-refractivity contribution in [3.63, 3.8) is 0 Å². The molecular formula is C13H12BClO3. The van der Waals surface area contributed by atoms with Gasteiger partial charge in [0, 0.05) is 0 Å². The fourth-order valence-electron chi connectivity index (χ4n) is 1.63.